The van der Waals surface area contributed by atoms with E-state index in [9.17, 15) is 14.0 Å². The monoisotopic (exact) mass is 330 g/mol. The van der Waals surface area contributed by atoms with Crippen LogP contribution in [0.25, 0.3) is 0 Å². The summed E-state index contributed by atoms with van der Waals surface area (Å²) in [4.78, 5) is 23.1. The molecule has 0 bridgehead atoms. The highest BCUT2D eigenvalue weighted by atomic mass is 19.1. The summed E-state index contributed by atoms with van der Waals surface area (Å²) in [5, 5.41) is 5.41. The molecule has 1 aliphatic rings. The lowest BCUT2D eigenvalue weighted by atomic mass is 10.1. The number of halogens is 1. The van der Waals surface area contributed by atoms with Crippen molar-refractivity contribution in [1.82, 2.24) is 5.32 Å². The predicted octanol–water partition coefficient (Wildman–Crippen LogP) is 1.85. The molecule has 2 amide bonds. The summed E-state index contributed by atoms with van der Waals surface area (Å²) in [6.07, 6.45) is 0. The fourth-order valence-corrected chi connectivity index (χ4v) is 2.17. The fourth-order valence-electron chi connectivity index (χ4n) is 2.17. The number of benzene rings is 2. The van der Waals surface area contributed by atoms with E-state index in [-0.39, 0.29) is 37.4 Å². The Hall–Kier alpha value is -3.09. The van der Waals surface area contributed by atoms with Gasteiger partial charge in [-0.2, -0.15) is 0 Å². The van der Waals surface area contributed by atoms with Gasteiger partial charge >= 0.3 is 0 Å². The van der Waals surface area contributed by atoms with Crippen LogP contribution in [0.1, 0.15) is 5.56 Å². The molecule has 24 heavy (non-hydrogen) atoms. The smallest absolute Gasteiger partial charge is 0.262 e. The predicted molar refractivity (Wildman–Crippen MR) is 84.3 cm³/mol. The van der Waals surface area contributed by atoms with E-state index in [0.29, 0.717) is 17.2 Å². The first-order valence-electron chi connectivity index (χ1n) is 7.31. The van der Waals surface area contributed by atoms with E-state index in [0.717, 1.165) is 5.56 Å². The first-order valence-corrected chi connectivity index (χ1v) is 7.31. The van der Waals surface area contributed by atoms with E-state index in [2.05, 4.69) is 10.6 Å². The van der Waals surface area contributed by atoms with Crippen molar-refractivity contribution in [2.45, 2.75) is 6.54 Å². The number of amides is 2. The highest BCUT2D eigenvalue weighted by molar-refractivity contribution is 5.95. The lowest BCUT2D eigenvalue weighted by Crippen LogP contribution is -2.29. The zero-order valence-corrected chi connectivity index (χ0v) is 12.7. The van der Waals surface area contributed by atoms with Gasteiger partial charge in [-0.1, -0.05) is 6.07 Å². The summed E-state index contributed by atoms with van der Waals surface area (Å²) in [5.41, 5.74) is 1.40. The average molecular weight is 330 g/mol. The van der Waals surface area contributed by atoms with Crippen molar-refractivity contribution >= 4 is 17.5 Å². The van der Waals surface area contributed by atoms with Crippen molar-refractivity contribution < 1.29 is 23.5 Å². The quantitative estimate of drug-likeness (QED) is 0.877. The highest BCUT2D eigenvalue weighted by Gasteiger charge is 2.16. The van der Waals surface area contributed by atoms with Gasteiger partial charge in [-0.05, 0) is 42.0 Å². The molecule has 0 saturated carbocycles. The van der Waals surface area contributed by atoms with Gasteiger partial charge in [-0.3, -0.25) is 9.59 Å². The second kappa shape index (κ2) is 6.99. The summed E-state index contributed by atoms with van der Waals surface area (Å²) in [5.74, 6) is 0.133. The molecule has 3 rings (SSSR count). The molecular weight excluding hydrogens is 315 g/mol. The number of carbonyl (C=O) groups excluding carboxylic acids is 2. The van der Waals surface area contributed by atoms with E-state index in [1.807, 2.05) is 0 Å². The zero-order valence-electron chi connectivity index (χ0n) is 12.7. The molecule has 6 nitrogen and oxygen atoms in total. The minimum Gasteiger partial charge on any atom is -0.484 e. The van der Waals surface area contributed by atoms with Crippen molar-refractivity contribution in [3.63, 3.8) is 0 Å². The van der Waals surface area contributed by atoms with Crippen LogP contribution in [-0.2, 0) is 16.1 Å². The average Bonchev–Trinajstić information content (AvgIpc) is 2.59. The zero-order chi connectivity index (χ0) is 16.9. The molecule has 0 unspecified atom stereocenters. The van der Waals surface area contributed by atoms with Crippen LogP contribution in [0.5, 0.6) is 11.5 Å². The Balaban J connectivity index is 1.50. The van der Waals surface area contributed by atoms with Crippen LogP contribution in [0.3, 0.4) is 0 Å². The van der Waals surface area contributed by atoms with Crippen molar-refractivity contribution in [2.75, 3.05) is 18.5 Å². The number of rotatable bonds is 5. The molecule has 0 aliphatic carbocycles. The van der Waals surface area contributed by atoms with Crippen LogP contribution < -0.4 is 20.1 Å². The Morgan fingerprint density at radius 1 is 1.25 bits per heavy atom. The first kappa shape index (κ1) is 15.8. The molecule has 0 spiro atoms. The minimum atomic E-state index is -0.365. The normalized spacial score (nSPS) is 12.6. The largest absolute Gasteiger partial charge is 0.484 e. The van der Waals surface area contributed by atoms with Crippen LogP contribution in [-0.4, -0.2) is 25.0 Å². The lowest BCUT2D eigenvalue weighted by Gasteiger charge is -2.18. The molecular formula is C17H15FN2O4. The maximum atomic E-state index is 12.8. The van der Waals surface area contributed by atoms with Crippen LogP contribution in [0.2, 0.25) is 0 Å². The Kier molecular flexibility index (Phi) is 4.60. The fraction of sp³-hybridized carbons (Fsp3) is 0.176. The summed E-state index contributed by atoms with van der Waals surface area (Å²) < 4.78 is 23.3. The number of hydrogen-bond donors (Lipinski definition) is 2. The molecule has 0 saturated heterocycles. The van der Waals surface area contributed by atoms with Crippen molar-refractivity contribution in [3.8, 4) is 11.5 Å². The number of hydrogen-bond acceptors (Lipinski definition) is 4. The van der Waals surface area contributed by atoms with E-state index in [1.165, 1.54) is 24.3 Å². The topological polar surface area (TPSA) is 76.7 Å². The van der Waals surface area contributed by atoms with E-state index in [4.69, 9.17) is 9.47 Å². The Morgan fingerprint density at radius 3 is 2.83 bits per heavy atom. The number of nitrogens with one attached hydrogen (secondary N) is 2. The van der Waals surface area contributed by atoms with Crippen molar-refractivity contribution in [1.29, 1.82) is 0 Å². The van der Waals surface area contributed by atoms with Crippen LogP contribution in [0, 0.1) is 5.82 Å². The van der Waals surface area contributed by atoms with Crippen LogP contribution >= 0.6 is 0 Å². The summed E-state index contributed by atoms with van der Waals surface area (Å²) in [6, 6.07) is 10.7. The standard InChI is InChI=1S/C17H15FN2O4/c18-12-2-4-13(5-3-12)23-9-16(21)19-8-11-1-6-15-14(7-11)20-17(22)10-24-15/h1-7H,8-10H2,(H,19,21)(H,20,22). The van der Waals surface area contributed by atoms with E-state index in [1.54, 1.807) is 18.2 Å². The van der Waals surface area contributed by atoms with Gasteiger partial charge in [0.2, 0.25) is 0 Å². The molecule has 0 aromatic heterocycles. The maximum Gasteiger partial charge on any atom is 0.262 e. The van der Waals surface area contributed by atoms with Gasteiger partial charge in [0, 0.05) is 6.54 Å². The van der Waals surface area contributed by atoms with E-state index >= 15 is 0 Å². The van der Waals surface area contributed by atoms with Gasteiger partial charge < -0.3 is 20.1 Å². The lowest BCUT2D eigenvalue weighted by molar-refractivity contribution is -0.123. The number of carbonyl (C=O) groups is 2. The van der Waals surface area contributed by atoms with Gasteiger partial charge in [0.15, 0.2) is 13.2 Å². The van der Waals surface area contributed by atoms with Gasteiger partial charge in [-0.15, -0.1) is 0 Å². The van der Waals surface area contributed by atoms with Crippen molar-refractivity contribution in [2.24, 2.45) is 0 Å². The second-order valence-corrected chi connectivity index (χ2v) is 5.19. The Labute approximate surface area is 137 Å². The van der Waals surface area contributed by atoms with Gasteiger partial charge in [0.25, 0.3) is 11.8 Å². The molecule has 0 atom stereocenters. The maximum absolute atomic E-state index is 12.8. The minimum absolute atomic E-state index is 0.00378. The van der Waals surface area contributed by atoms with Gasteiger partial charge in [0.05, 0.1) is 5.69 Å². The summed E-state index contributed by atoms with van der Waals surface area (Å²) >= 11 is 0. The Bertz CT molecular complexity index is 762. The van der Waals surface area contributed by atoms with Crippen molar-refractivity contribution in [3.05, 3.63) is 53.8 Å². The second-order valence-electron chi connectivity index (χ2n) is 5.19. The summed E-state index contributed by atoms with van der Waals surface area (Å²) in [6.45, 7) is 0.120. The van der Waals surface area contributed by atoms with Crippen LogP contribution in [0.15, 0.2) is 42.5 Å². The third-order valence-corrected chi connectivity index (χ3v) is 3.35. The van der Waals surface area contributed by atoms with E-state index < -0.39 is 0 Å². The molecule has 7 heteroatoms. The molecule has 124 valence electrons. The number of fused-ring (bicyclic) bond motifs is 1. The SMILES string of the molecule is O=C(COc1ccc(F)cc1)NCc1ccc2c(c1)NC(=O)CO2. The number of ether oxygens (including phenoxy) is 2. The van der Waals surface area contributed by atoms with Gasteiger partial charge in [0.1, 0.15) is 17.3 Å². The molecule has 0 radical (unpaired) electrons. The molecule has 1 heterocycles. The third-order valence-electron chi connectivity index (χ3n) is 3.35. The molecule has 1 aliphatic heterocycles. The third kappa shape index (κ3) is 4.01. The van der Waals surface area contributed by atoms with Gasteiger partial charge in [-0.25, -0.2) is 4.39 Å². The molecule has 0 fully saturated rings. The Morgan fingerprint density at radius 2 is 2.04 bits per heavy atom. The number of anilines is 1. The molecule has 2 aromatic carbocycles. The highest BCUT2D eigenvalue weighted by Crippen LogP contribution is 2.28. The first-order chi connectivity index (χ1) is 11.6. The van der Waals surface area contributed by atoms with Crippen LogP contribution in [0.4, 0.5) is 10.1 Å². The summed E-state index contributed by atoms with van der Waals surface area (Å²) in [7, 11) is 0. The molecule has 2 N–H and O–H groups in total. The molecule has 2 aromatic rings.